The first-order chi connectivity index (χ1) is 8.06. The lowest BCUT2D eigenvalue weighted by molar-refractivity contribution is 0.0428. The van der Waals surface area contributed by atoms with Gasteiger partial charge in [-0.15, -0.1) is 0 Å². The molecule has 2 N–H and O–H groups in total. The molecule has 0 amide bonds. The van der Waals surface area contributed by atoms with E-state index in [-0.39, 0.29) is 6.10 Å². The van der Waals surface area contributed by atoms with Crippen molar-refractivity contribution in [3.8, 4) is 0 Å². The molecular weight excluding hydrogens is 214 g/mol. The summed E-state index contributed by atoms with van der Waals surface area (Å²) in [6, 6.07) is 9.70. The van der Waals surface area contributed by atoms with Crippen molar-refractivity contribution < 1.29 is 9.84 Å². The van der Waals surface area contributed by atoms with E-state index >= 15 is 0 Å². The van der Waals surface area contributed by atoms with Gasteiger partial charge in [0.1, 0.15) is 0 Å². The minimum Gasteiger partial charge on any atom is -0.384 e. The highest BCUT2D eigenvalue weighted by Gasteiger charge is 2.22. The largest absolute Gasteiger partial charge is 0.384 e. The van der Waals surface area contributed by atoms with E-state index in [4.69, 9.17) is 4.74 Å². The van der Waals surface area contributed by atoms with Gasteiger partial charge in [0.05, 0.1) is 11.7 Å². The van der Waals surface area contributed by atoms with Gasteiger partial charge >= 0.3 is 0 Å². The first-order valence-electron chi connectivity index (χ1n) is 6.16. The molecule has 0 heterocycles. The van der Waals surface area contributed by atoms with Crippen molar-refractivity contribution in [2.45, 2.75) is 32.5 Å². The number of ether oxygens (including phenoxy) is 1. The molecule has 1 rings (SSSR count). The van der Waals surface area contributed by atoms with Gasteiger partial charge in [-0.2, -0.15) is 0 Å². The molecule has 0 aliphatic heterocycles. The zero-order valence-corrected chi connectivity index (χ0v) is 10.9. The van der Waals surface area contributed by atoms with Crippen LogP contribution in [-0.2, 0) is 10.3 Å². The van der Waals surface area contributed by atoms with Gasteiger partial charge in [0.15, 0.2) is 0 Å². The van der Waals surface area contributed by atoms with Gasteiger partial charge in [-0.25, -0.2) is 0 Å². The lowest BCUT2D eigenvalue weighted by atomic mass is 9.96. The fraction of sp³-hybridized carbons (Fsp3) is 0.571. The number of rotatable bonds is 7. The molecule has 0 bridgehead atoms. The van der Waals surface area contributed by atoms with Crippen molar-refractivity contribution in [2.24, 2.45) is 0 Å². The van der Waals surface area contributed by atoms with Crippen LogP contribution in [0.25, 0.3) is 0 Å². The van der Waals surface area contributed by atoms with Crippen molar-refractivity contribution in [3.05, 3.63) is 35.9 Å². The van der Waals surface area contributed by atoms with Crippen LogP contribution >= 0.6 is 0 Å². The smallest absolute Gasteiger partial charge is 0.0992 e. The Bertz CT molecular complexity index is 311. The standard InChI is InChI=1S/C14H23NO2/c1-4-17-12(2)10-15-11-14(3,16)13-8-6-5-7-9-13/h5-9,12,15-16H,4,10-11H2,1-3H3. The van der Waals surface area contributed by atoms with Crippen molar-refractivity contribution in [2.75, 3.05) is 19.7 Å². The fourth-order valence-corrected chi connectivity index (χ4v) is 1.76. The molecule has 1 aromatic carbocycles. The number of benzene rings is 1. The summed E-state index contributed by atoms with van der Waals surface area (Å²) in [5, 5.41) is 13.6. The first-order valence-corrected chi connectivity index (χ1v) is 6.16. The Morgan fingerprint density at radius 1 is 1.35 bits per heavy atom. The maximum Gasteiger partial charge on any atom is 0.0992 e. The zero-order chi connectivity index (χ0) is 12.7. The van der Waals surface area contributed by atoms with Crippen LogP contribution in [0.1, 0.15) is 26.3 Å². The van der Waals surface area contributed by atoms with Crippen molar-refractivity contribution in [1.29, 1.82) is 0 Å². The van der Waals surface area contributed by atoms with E-state index in [9.17, 15) is 5.11 Å². The lowest BCUT2D eigenvalue weighted by Crippen LogP contribution is -2.38. The lowest BCUT2D eigenvalue weighted by Gasteiger charge is -2.25. The Kier molecular flexibility index (Phi) is 5.62. The highest BCUT2D eigenvalue weighted by Crippen LogP contribution is 2.18. The summed E-state index contributed by atoms with van der Waals surface area (Å²) < 4.78 is 5.42. The Hall–Kier alpha value is -0.900. The highest BCUT2D eigenvalue weighted by atomic mass is 16.5. The quantitative estimate of drug-likeness (QED) is 0.761. The Labute approximate surface area is 104 Å². The molecular formula is C14H23NO2. The molecule has 2 atom stereocenters. The van der Waals surface area contributed by atoms with E-state index < -0.39 is 5.60 Å². The van der Waals surface area contributed by atoms with Gasteiger partial charge in [-0.1, -0.05) is 30.3 Å². The molecule has 0 radical (unpaired) electrons. The van der Waals surface area contributed by atoms with Gasteiger partial charge in [-0.3, -0.25) is 0 Å². The molecule has 3 nitrogen and oxygen atoms in total. The third-order valence-electron chi connectivity index (χ3n) is 2.75. The Morgan fingerprint density at radius 3 is 2.59 bits per heavy atom. The van der Waals surface area contributed by atoms with Crippen LogP contribution < -0.4 is 5.32 Å². The van der Waals surface area contributed by atoms with E-state index in [0.29, 0.717) is 6.54 Å². The molecule has 3 heteroatoms. The van der Waals surface area contributed by atoms with Crippen molar-refractivity contribution in [1.82, 2.24) is 5.32 Å². The van der Waals surface area contributed by atoms with Crippen LogP contribution in [0, 0.1) is 0 Å². The summed E-state index contributed by atoms with van der Waals surface area (Å²) >= 11 is 0. The van der Waals surface area contributed by atoms with Gasteiger partial charge in [-0.05, 0) is 26.3 Å². The van der Waals surface area contributed by atoms with E-state index in [1.807, 2.05) is 51.1 Å². The number of hydrogen-bond acceptors (Lipinski definition) is 3. The van der Waals surface area contributed by atoms with Crippen molar-refractivity contribution in [3.63, 3.8) is 0 Å². The highest BCUT2D eigenvalue weighted by molar-refractivity contribution is 5.21. The molecule has 0 saturated heterocycles. The summed E-state index contributed by atoms with van der Waals surface area (Å²) in [6.45, 7) is 7.81. The normalized spacial score (nSPS) is 16.5. The minimum atomic E-state index is -0.840. The van der Waals surface area contributed by atoms with Crippen molar-refractivity contribution >= 4 is 0 Å². The summed E-state index contributed by atoms with van der Waals surface area (Å²) in [7, 11) is 0. The van der Waals surface area contributed by atoms with Crippen LogP contribution in [0.2, 0.25) is 0 Å². The Morgan fingerprint density at radius 2 is 2.00 bits per heavy atom. The third-order valence-corrected chi connectivity index (χ3v) is 2.75. The second kappa shape index (κ2) is 6.74. The molecule has 0 aliphatic rings. The molecule has 17 heavy (non-hydrogen) atoms. The van der Waals surface area contributed by atoms with Crippen LogP contribution in [0.3, 0.4) is 0 Å². The maximum atomic E-state index is 10.3. The van der Waals surface area contributed by atoms with Crippen LogP contribution in [0.4, 0.5) is 0 Å². The van der Waals surface area contributed by atoms with Gasteiger partial charge in [0, 0.05) is 19.7 Å². The molecule has 0 aromatic heterocycles. The molecule has 0 fully saturated rings. The number of aliphatic hydroxyl groups is 1. The fourth-order valence-electron chi connectivity index (χ4n) is 1.76. The Balaban J connectivity index is 2.40. The van der Waals surface area contributed by atoms with Gasteiger partial charge < -0.3 is 15.2 Å². The monoisotopic (exact) mass is 237 g/mol. The number of nitrogens with one attached hydrogen (secondary N) is 1. The maximum absolute atomic E-state index is 10.3. The molecule has 1 aromatic rings. The second-order valence-electron chi connectivity index (χ2n) is 4.54. The summed E-state index contributed by atoms with van der Waals surface area (Å²) in [5.74, 6) is 0. The summed E-state index contributed by atoms with van der Waals surface area (Å²) in [4.78, 5) is 0. The zero-order valence-electron chi connectivity index (χ0n) is 10.9. The molecule has 2 unspecified atom stereocenters. The van der Waals surface area contributed by atoms with Gasteiger partial charge in [0.25, 0.3) is 0 Å². The van der Waals surface area contributed by atoms with E-state index in [0.717, 1.165) is 18.7 Å². The third kappa shape index (κ3) is 4.86. The first kappa shape index (κ1) is 14.2. The van der Waals surface area contributed by atoms with Gasteiger partial charge in [0.2, 0.25) is 0 Å². The van der Waals surface area contributed by atoms with E-state index in [2.05, 4.69) is 5.32 Å². The molecule has 96 valence electrons. The van der Waals surface area contributed by atoms with Crippen LogP contribution in [-0.4, -0.2) is 30.9 Å². The topological polar surface area (TPSA) is 41.5 Å². The summed E-state index contributed by atoms with van der Waals surface area (Å²) in [5.41, 5.74) is 0.0873. The predicted molar refractivity (Wildman–Crippen MR) is 70.0 cm³/mol. The van der Waals surface area contributed by atoms with Crippen LogP contribution in [0.15, 0.2) is 30.3 Å². The van der Waals surface area contributed by atoms with Crippen LogP contribution in [0.5, 0.6) is 0 Å². The molecule has 0 saturated carbocycles. The minimum absolute atomic E-state index is 0.173. The number of hydrogen-bond donors (Lipinski definition) is 2. The SMILES string of the molecule is CCOC(C)CNCC(C)(O)c1ccccc1. The second-order valence-corrected chi connectivity index (χ2v) is 4.54. The summed E-state index contributed by atoms with van der Waals surface area (Å²) in [6.07, 6.45) is 0.173. The predicted octanol–water partition coefficient (Wildman–Crippen LogP) is 1.91. The average molecular weight is 237 g/mol. The molecule has 0 aliphatic carbocycles. The average Bonchev–Trinajstić information content (AvgIpc) is 2.30. The van der Waals surface area contributed by atoms with E-state index in [1.165, 1.54) is 0 Å². The molecule has 0 spiro atoms. The van der Waals surface area contributed by atoms with E-state index in [1.54, 1.807) is 0 Å².